The number of nitrogens with zero attached hydrogens (tertiary/aromatic N) is 1. The maximum Gasteiger partial charge on any atom is 0.242 e. The average Bonchev–Trinajstić information content (AvgIpc) is 2.81. The van der Waals surface area contributed by atoms with Gasteiger partial charge in [0.15, 0.2) is 0 Å². The molecule has 0 aromatic heterocycles. The number of nitrogens with one attached hydrogen (secondary N) is 1. The molecule has 174 valence electrons. The van der Waals surface area contributed by atoms with Crippen LogP contribution in [-0.2, 0) is 16.1 Å². The monoisotopic (exact) mass is 440 g/mol. The molecule has 0 heterocycles. The number of ether oxygens (including phenoxy) is 2. The van der Waals surface area contributed by atoms with Crippen molar-refractivity contribution in [2.45, 2.75) is 59.0 Å². The molecule has 2 amide bonds. The Balaban J connectivity index is 2.06. The minimum absolute atomic E-state index is 0.0566. The van der Waals surface area contributed by atoms with Crippen molar-refractivity contribution >= 4 is 11.8 Å². The Bertz CT molecular complexity index is 851. The Labute approximate surface area is 191 Å². The Kier molecular flexibility index (Phi) is 10.6. The fourth-order valence-corrected chi connectivity index (χ4v) is 3.44. The topological polar surface area (TPSA) is 67.9 Å². The predicted molar refractivity (Wildman–Crippen MR) is 127 cm³/mol. The molecule has 0 saturated heterocycles. The van der Waals surface area contributed by atoms with Gasteiger partial charge < -0.3 is 19.7 Å². The Morgan fingerprint density at radius 2 is 1.81 bits per heavy atom. The highest BCUT2D eigenvalue weighted by Crippen LogP contribution is 2.19. The van der Waals surface area contributed by atoms with Gasteiger partial charge in [0.2, 0.25) is 11.8 Å². The third kappa shape index (κ3) is 7.91. The summed E-state index contributed by atoms with van der Waals surface area (Å²) in [6, 6.07) is 14.9. The first-order valence-electron chi connectivity index (χ1n) is 11.4. The first-order valence-corrected chi connectivity index (χ1v) is 11.4. The van der Waals surface area contributed by atoms with Gasteiger partial charge in [-0.15, -0.1) is 0 Å². The van der Waals surface area contributed by atoms with Crippen LogP contribution in [-0.4, -0.2) is 43.0 Å². The first-order chi connectivity index (χ1) is 15.5. The maximum absolute atomic E-state index is 13.2. The van der Waals surface area contributed by atoms with Crippen LogP contribution in [0.1, 0.15) is 50.7 Å². The molecule has 1 N–H and O–H groups in total. The maximum atomic E-state index is 13.2. The van der Waals surface area contributed by atoms with Crippen molar-refractivity contribution in [1.82, 2.24) is 10.2 Å². The van der Waals surface area contributed by atoms with E-state index in [1.807, 2.05) is 69.3 Å². The molecule has 0 saturated carbocycles. The minimum atomic E-state index is -0.515. The lowest BCUT2D eigenvalue weighted by atomic mass is 10.1. The lowest BCUT2D eigenvalue weighted by Crippen LogP contribution is -2.49. The lowest BCUT2D eigenvalue weighted by Gasteiger charge is -2.31. The van der Waals surface area contributed by atoms with Gasteiger partial charge >= 0.3 is 0 Å². The van der Waals surface area contributed by atoms with Crippen LogP contribution in [0.4, 0.5) is 0 Å². The van der Waals surface area contributed by atoms with Crippen LogP contribution in [0, 0.1) is 6.92 Å². The molecule has 2 rings (SSSR count). The molecule has 0 radical (unpaired) electrons. The number of carbonyl (C=O) groups is 2. The van der Waals surface area contributed by atoms with Gasteiger partial charge in [-0.05, 0) is 56.0 Å². The second-order valence-corrected chi connectivity index (χ2v) is 7.85. The van der Waals surface area contributed by atoms with Crippen molar-refractivity contribution in [2.75, 3.05) is 20.3 Å². The van der Waals surface area contributed by atoms with Gasteiger partial charge in [-0.3, -0.25) is 9.59 Å². The van der Waals surface area contributed by atoms with E-state index in [-0.39, 0.29) is 11.8 Å². The summed E-state index contributed by atoms with van der Waals surface area (Å²) in [5.74, 6) is 1.35. The quantitative estimate of drug-likeness (QED) is 0.466. The molecule has 2 aromatic rings. The third-order valence-electron chi connectivity index (χ3n) is 5.25. The van der Waals surface area contributed by atoms with E-state index < -0.39 is 6.04 Å². The summed E-state index contributed by atoms with van der Waals surface area (Å²) in [6.45, 7) is 7.37. The minimum Gasteiger partial charge on any atom is -0.497 e. The molecule has 0 aliphatic heterocycles. The van der Waals surface area contributed by atoms with Crippen molar-refractivity contribution < 1.29 is 19.1 Å². The molecular weight excluding hydrogens is 404 g/mol. The fraction of sp³-hybridized carbons (Fsp3) is 0.462. The van der Waals surface area contributed by atoms with Gasteiger partial charge in [-0.2, -0.15) is 0 Å². The van der Waals surface area contributed by atoms with Crippen molar-refractivity contribution in [3.05, 3.63) is 59.7 Å². The summed E-state index contributed by atoms with van der Waals surface area (Å²) in [5.41, 5.74) is 2.10. The number of amides is 2. The van der Waals surface area contributed by atoms with Gasteiger partial charge in [-0.25, -0.2) is 0 Å². The summed E-state index contributed by atoms with van der Waals surface area (Å²) in [5, 5.41) is 2.94. The van der Waals surface area contributed by atoms with Crippen molar-refractivity contribution in [2.24, 2.45) is 0 Å². The lowest BCUT2D eigenvalue weighted by molar-refractivity contribution is -0.141. The normalized spacial score (nSPS) is 11.5. The molecule has 0 fully saturated rings. The summed E-state index contributed by atoms with van der Waals surface area (Å²) < 4.78 is 11.1. The summed E-state index contributed by atoms with van der Waals surface area (Å²) in [4.78, 5) is 27.7. The zero-order valence-corrected chi connectivity index (χ0v) is 19.7. The Morgan fingerprint density at radius 1 is 1.06 bits per heavy atom. The molecule has 6 nitrogen and oxygen atoms in total. The van der Waals surface area contributed by atoms with E-state index in [1.165, 1.54) is 5.56 Å². The molecule has 32 heavy (non-hydrogen) atoms. The number of methoxy groups -OCH3 is 1. The number of benzene rings is 2. The van der Waals surface area contributed by atoms with E-state index in [2.05, 4.69) is 5.32 Å². The van der Waals surface area contributed by atoms with Crippen molar-refractivity contribution in [3.8, 4) is 11.5 Å². The highest BCUT2D eigenvalue weighted by atomic mass is 16.5. The predicted octanol–water partition coefficient (Wildman–Crippen LogP) is 4.50. The third-order valence-corrected chi connectivity index (χ3v) is 5.25. The van der Waals surface area contributed by atoms with Gasteiger partial charge in [0.1, 0.15) is 17.5 Å². The zero-order chi connectivity index (χ0) is 23.3. The zero-order valence-electron chi connectivity index (χ0n) is 19.7. The van der Waals surface area contributed by atoms with E-state index in [4.69, 9.17) is 9.47 Å². The SMILES string of the molecule is CCCNC(=O)[C@@H](CC)N(Cc1cccc(OC)c1)C(=O)CCCOc1ccc(C)cc1. The highest BCUT2D eigenvalue weighted by molar-refractivity contribution is 5.87. The first kappa shape index (κ1) is 25.2. The van der Waals surface area contributed by atoms with Crippen LogP contribution in [0.15, 0.2) is 48.5 Å². The average molecular weight is 441 g/mol. The fourth-order valence-electron chi connectivity index (χ4n) is 3.44. The van der Waals surface area contributed by atoms with Crippen molar-refractivity contribution in [1.29, 1.82) is 0 Å². The second-order valence-electron chi connectivity index (χ2n) is 7.85. The molecule has 2 aromatic carbocycles. The molecule has 0 unspecified atom stereocenters. The van der Waals surface area contributed by atoms with Crippen LogP contribution < -0.4 is 14.8 Å². The number of carbonyl (C=O) groups excluding carboxylic acids is 2. The van der Waals surface area contributed by atoms with Crippen molar-refractivity contribution in [3.63, 3.8) is 0 Å². The smallest absolute Gasteiger partial charge is 0.242 e. The largest absolute Gasteiger partial charge is 0.497 e. The Hall–Kier alpha value is -3.02. The standard InChI is InChI=1S/C26H36N2O4/c1-5-16-27-26(30)24(6-2)28(19-21-9-7-10-23(18-21)31-4)25(29)11-8-17-32-22-14-12-20(3)13-15-22/h7,9-10,12-15,18,24H,5-6,8,11,16-17,19H2,1-4H3,(H,27,30)/t24-/m1/s1. The van der Waals surface area contributed by atoms with Crippen LogP contribution >= 0.6 is 0 Å². The number of rotatable bonds is 13. The van der Waals surface area contributed by atoms with Gasteiger partial charge in [0.05, 0.1) is 13.7 Å². The molecule has 0 spiro atoms. The molecule has 0 aliphatic carbocycles. The summed E-state index contributed by atoms with van der Waals surface area (Å²) in [6.07, 6.45) is 2.29. The van der Waals surface area contributed by atoms with E-state index in [0.29, 0.717) is 39.0 Å². The molecule has 6 heteroatoms. The van der Waals surface area contributed by atoms with Crippen LogP contribution in [0.5, 0.6) is 11.5 Å². The van der Waals surface area contributed by atoms with Gasteiger partial charge in [0, 0.05) is 19.5 Å². The number of hydrogen-bond donors (Lipinski definition) is 1. The van der Waals surface area contributed by atoms with E-state index in [0.717, 1.165) is 23.5 Å². The van der Waals surface area contributed by atoms with Gasteiger partial charge in [-0.1, -0.05) is 43.7 Å². The summed E-state index contributed by atoms with van der Waals surface area (Å²) >= 11 is 0. The van der Waals surface area contributed by atoms with E-state index in [1.54, 1.807) is 12.0 Å². The molecule has 1 atom stereocenters. The van der Waals surface area contributed by atoms with E-state index in [9.17, 15) is 9.59 Å². The van der Waals surface area contributed by atoms with Crippen LogP contribution in [0.25, 0.3) is 0 Å². The molecule has 0 aliphatic rings. The molecular formula is C26H36N2O4. The summed E-state index contributed by atoms with van der Waals surface area (Å²) in [7, 11) is 1.61. The molecule has 0 bridgehead atoms. The van der Waals surface area contributed by atoms with E-state index >= 15 is 0 Å². The Morgan fingerprint density at radius 3 is 2.47 bits per heavy atom. The van der Waals surface area contributed by atoms with Crippen LogP contribution in [0.3, 0.4) is 0 Å². The number of hydrogen-bond acceptors (Lipinski definition) is 4. The van der Waals surface area contributed by atoms with Crippen LogP contribution in [0.2, 0.25) is 0 Å². The highest BCUT2D eigenvalue weighted by Gasteiger charge is 2.28. The second kappa shape index (κ2) is 13.4. The van der Waals surface area contributed by atoms with Gasteiger partial charge in [0.25, 0.3) is 0 Å². The number of aryl methyl sites for hydroxylation is 1.